The Balaban J connectivity index is 2.10. The number of hydroxylamine groups is 2. The maximum atomic E-state index is 10.9. The molecule has 0 aliphatic rings. The van der Waals surface area contributed by atoms with E-state index in [-0.39, 0.29) is 0 Å². The number of hydrogen-bond acceptors (Lipinski definition) is 4. The highest BCUT2D eigenvalue weighted by Gasteiger charge is 2.11. The lowest BCUT2D eigenvalue weighted by molar-refractivity contribution is -0.0536. The van der Waals surface area contributed by atoms with Gasteiger partial charge in [0, 0.05) is 5.56 Å². The first-order chi connectivity index (χ1) is 11.5. The van der Waals surface area contributed by atoms with Gasteiger partial charge in [-0.3, -0.25) is 5.21 Å². The molecule has 1 atom stereocenters. The summed E-state index contributed by atoms with van der Waals surface area (Å²) in [5.74, 6) is 7.64. The number of nitrogens with zero attached hydrogens (tertiary/aromatic N) is 1. The van der Waals surface area contributed by atoms with Crippen molar-refractivity contribution in [3.8, 4) is 29.1 Å². The fourth-order valence-corrected chi connectivity index (χ4v) is 1.86. The predicted octanol–water partition coefficient (Wildman–Crippen LogP) is 3.00. The molecule has 1 unspecified atom stereocenters. The fraction of sp³-hybridized carbons (Fsp3) is 0.167. The molecule has 0 fully saturated rings. The molecule has 0 spiro atoms. The van der Waals surface area contributed by atoms with Crippen LogP contribution in [0.2, 0.25) is 0 Å². The number of urea groups is 1. The normalized spacial score (nSPS) is 11.0. The Morgan fingerprint density at radius 3 is 2.46 bits per heavy atom. The zero-order valence-corrected chi connectivity index (χ0v) is 13.4. The van der Waals surface area contributed by atoms with Gasteiger partial charge >= 0.3 is 6.03 Å². The van der Waals surface area contributed by atoms with Gasteiger partial charge in [0.1, 0.15) is 23.3 Å². The number of carbonyl (C=O) groups is 1. The summed E-state index contributed by atoms with van der Waals surface area (Å²) in [5.41, 5.74) is 5.66. The van der Waals surface area contributed by atoms with Crippen molar-refractivity contribution in [2.75, 3.05) is 7.11 Å². The molecule has 24 heavy (non-hydrogen) atoms. The molecule has 0 saturated carbocycles. The molecule has 0 saturated heterocycles. The van der Waals surface area contributed by atoms with Crippen LogP contribution in [0, 0.1) is 11.8 Å². The highest BCUT2D eigenvalue weighted by Crippen LogP contribution is 2.24. The third-order valence-electron chi connectivity index (χ3n) is 3.15. The van der Waals surface area contributed by atoms with E-state index in [1.54, 1.807) is 62.6 Å². The maximum absolute atomic E-state index is 10.9. The Labute approximate surface area is 140 Å². The number of benzene rings is 2. The molecule has 0 aliphatic heterocycles. The van der Waals surface area contributed by atoms with Crippen molar-refractivity contribution in [3.63, 3.8) is 0 Å². The van der Waals surface area contributed by atoms with Crippen molar-refractivity contribution in [2.45, 2.75) is 13.0 Å². The van der Waals surface area contributed by atoms with E-state index in [1.807, 2.05) is 0 Å². The van der Waals surface area contributed by atoms with Crippen LogP contribution in [0.5, 0.6) is 17.2 Å². The van der Waals surface area contributed by atoms with Crippen molar-refractivity contribution in [3.05, 3.63) is 54.1 Å². The first-order valence-electron chi connectivity index (χ1n) is 7.20. The number of amides is 2. The number of nitrogens with two attached hydrogens (primary N) is 1. The van der Waals surface area contributed by atoms with E-state index in [1.165, 1.54) is 0 Å². The first-order valence-corrected chi connectivity index (χ1v) is 7.20. The Bertz CT molecular complexity index is 763. The van der Waals surface area contributed by atoms with Crippen LogP contribution in [0.3, 0.4) is 0 Å². The van der Waals surface area contributed by atoms with Gasteiger partial charge in [-0.25, -0.2) is 4.79 Å². The fourth-order valence-electron chi connectivity index (χ4n) is 1.86. The Morgan fingerprint density at radius 1 is 1.17 bits per heavy atom. The second-order valence-electron chi connectivity index (χ2n) is 4.93. The molecular formula is C18H18N2O4. The molecule has 2 aromatic carbocycles. The molecule has 0 aromatic heterocycles. The average molecular weight is 326 g/mol. The van der Waals surface area contributed by atoms with E-state index < -0.39 is 12.1 Å². The number of rotatable bonds is 4. The summed E-state index contributed by atoms with van der Waals surface area (Å²) in [7, 11) is 1.60. The zero-order valence-electron chi connectivity index (χ0n) is 13.4. The molecule has 2 amide bonds. The third-order valence-corrected chi connectivity index (χ3v) is 3.15. The van der Waals surface area contributed by atoms with Crippen LogP contribution in [0.25, 0.3) is 0 Å². The van der Waals surface area contributed by atoms with Crippen LogP contribution in [0.15, 0.2) is 48.5 Å². The Hall–Kier alpha value is -3.17. The highest BCUT2D eigenvalue weighted by atomic mass is 16.5. The largest absolute Gasteiger partial charge is 0.497 e. The monoisotopic (exact) mass is 326 g/mol. The highest BCUT2D eigenvalue weighted by molar-refractivity contribution is 5.71. The van der Waals surface area contributed by atoms with Gasteiger partial charge < -0.3 is 15.2 Å². The molecule has 0 aliphatic carbocycles. The summed E-state index contributed by atoms with van der Waals surface area (Å²) < 4.78 is 10.9. The van der Waals surface area contributed by atoms with Crippen molar-refractivity contribution in [1.82, 2.24) is 5.06 Å². The summed E-state index contributed by atoms with van der Waals surface area (Å²) in [6.07, 6.45) is 0. The second kappa shape index (κ2) is 7.90. The predicted molar refractivity (Wildman–Crippen MR) is 89.1 cm³/mol. The molecule has 0 radical (unpaired) electrons. The minimum absolute atomic E-state index is 0.380. The standard InChI is InChI=1S/C18H18N2O4/c1-13(20(22)18(19)21)6-7-14-4-3-5-17(12-14)24-16-10-8-15(23-2)9-11-16/h3-5,8-13,22H,1-2H3,(H2,19,21). The minimum Gasteiger partial charge on any atom is -0.497 e. The average Bonchev–Trinajstić information content (AvgIpc) is 2.60. The molecule has 6 nitrogen and oxygen atoms in total. The van der Waals surface area contributed by atoms with Gasteiger partial charge in [0.15, 0.2) is 0 Å². The molecule has 2 rings (SSSR count). The number of ether oxygens (including phenoxy) is 2. The lowest BCUT2D eigenvalue weighted by Crippen LogP contribution is -2.38. The van der Waals surface area contributed by atoms with E-state index in [4.69, 9.17) is 15.2 Å². The summed E-state index contributed by atoms with van der Waals surface area (Å²) in [6, 6.07) is 12.7. The number of hydrogen-bond donors (Lipinski definition) is 2. The van der Waals surface area contributed by atoms with Gasteiger partial charge in [0.2, 0.25) is 0 Å². The van der Waals surface area contributed by atoms with Crippen LogP contribution >= 0.6 is 0 Å². The summed E-state index contributed by atoms with van der Waals surface area (Å²) >= 11 is 0. The topological polar surface area (TPSA) is 85.0 Å². The number of methoxy groups -OCH3 is 1. The van der Waals surface area contributed by atoms with Crippen LogP contribution < -0.4 is 15.2 Å². The number of carbonyl (C=O) groups excluding carboxylic acids is 1. The van der Waals surface area contributed by atoms with Crippen LogP contribution in [-0.4, -0.2) is 29.5 Å². The molecule has 2 aromatic rings. The van der Waals surface area contributed by atoms with Gasteiger partial charge in [-0.2, -0.15) is 5.06 Å². The second-order valence-corrected chi connectivity index (χ2v) is 4.93. The van der Waals surface area contributed by atoms with Crippen LogP contribution in [0.4, 0.5) is 4.79 Å². The minimum atomic E-state index is -0.951. The van der Waals surface area contributed by atoms with Crippen LogP contribution in [-0.2, 0) is 0 Å². The van der Waals surface area contributed by atoms with Gasteiger partial charge in [-0.1, -0.05) is 17.9 Å². The number of primary amides is 1. The lowest BCUT2D eigenvalue weighted by Gasteiger charge is -2.14. The van der Waals surface area contributed by atoms with Gasteiger partial charge in [0.25, 0.3) is 0 Å². The third kappa shape index (κ3) is 4.66. The van der Waals surface area contributed by atoms with Crippen molar-refractivity contribution < 1.29 is 19.5 Å². The lowest BCUT2D eigenvalue weighted by atomic mass is 10.2. The van der Waals surface area contributed by atoms with Crippen molar-refractivity contribution >= 4 is 6.03 Å². The SMILES string of the molecule is COc1ccc(Oc2cccc(C#CC(C)N(O)C(N)=O)c2)cc1. The Morgan fingerprint density at radius 2 is 1.83 bits per heavy atom. The molecule has 0 heterocycles. The molecule has 0 bridgehead atoms. The zero-order chi connectivity index (χ0) is 17.5. The summed E-state index contributed by atoms with van der Waals surface area (Å²) in [5, 5.41) is 9.77. The smallest absolute Gasteiger partial charge is 0.339 e. The summed E-state index contributed by atoms with van der Waals surface area (Å²) in [6.45, 7) is 1.56. The van der Waals surface area contributed by atoms with E-state index in [0.717, 1.165) is 5.75 Å². The van der Waals surface area contributed by atoms with E-state index in [0.29, 0.717) is 22.1 Å². The molecular weight excluding hydrogens is 308 g/mol. The van der Waals surface area contributed by atoms with Gasteiger partial charge in [0.05, 0.1) is 7.11 Å². The van der Waals surface area contributed by atoms with E-state index >= 15 is 0 Å². The summed E-state index contributed by atoms with van der Waals surface area (Å²) in [4.78, 5) is 10.9. The van der Waals surface area contributed by atoms with Crippen LogP contribution in [0.1, 0.15) is 12.5 Å². The van der Waals surface area contributed by atoms with Gasteiger partial charge in [-0.05, 0) is 49.4 Å². The molecule has 6 heteroatoms. The maximum Gasteiger partial charge on any atom is 0.339 e. The van der Waals surface area contributed by atoms with Crippen molar-refractivity contribution in [1.29, 1.82) is 0 Å². The Kier molecular flexibility index (Phi) is 5.66. The molecule has 3 N–H and O–H groups in total. The first kappa shape index (κ1) is 17.2. The van der Waals surface area contributed by atoms with E-state index in [2.05, 4.69) is 11.8 Å². The molecule has 124 valence electrons. The van der Waals surface area contributed by atoms with E-state index in [9.17, 15) is 10.0 Å². The van der Waals surface area contributed by atoms with Crippen molar-refractivity contribution in [2.24, 2.45) is 5.73 Å². The van der Waals surface area contributed by atoms with Gasteiger partial charge in [-0.15, -0.1) is 0 Å². The quantitative estimate of drug-likeness (QED) is 0.514.